The van der Waals surface area contributed by atoms with Crippen molar-refractivity contribution in [2.24, 2.45) is 0 Å². The van der Waals surface area contributed by atoms with E-state index in [4.69, 9.17) is 17.3 Å². The molecule has 0 spiro atoms. The van der Waals surface area contributed by atoms with Gasteiger partial charge >= 0.3 is 5.97 Å². The van der Waals surface area contributed by atoms with Gasteiger partial charge in [0.15, 0.2) is 0 Å². The number of esters is 1. The Morgan fingerprint density at radius 2 is 1.95 bits per heavy atom. The summed E-state index contributed by atoms with van der Waals surface area (Å²) in [5, 5.41) is 3.15. The third-order valence-corrected chi connectivity index (χ3v) is 2.91. The Balaban J connectivity index is 2.28. The molecular weight excluding hydrogens is 283 g/mol. The Labute approximate surface area is 120 Å². The second-order valence-corrected chi connectivity index (χ2v) is 4.48. The summed E-state index contributed by atoms with van der Waals surface area (Å²) in [5.41, 5.74) is 7.18. The van der Waals surface area contributed by atoms with Crippen LogP contribution in [0.2, 0.25) is 5.02 Å². The smallest absolute Gasteiger partial charge is 0.337 e. The number of benzene rings is 2. The molecule has 3 N–H and O–H groups in total. The molecule has 2 aromatic rings. The van der Waals surface area contributed by atoms with E-state index < -0.39 is 11.8 Å². The average Bonchev–Trinajstić information content (AvgIpc) is 2.42. The molecule has 0 aliphatic heterocycles. The fourth-order valence-corrected chi connectivity index (χ4v) is 1.82. The Kier molecular flexibility index (Phi) is 4.10. The highest BCUT2D eigenvalue weighted by Gasteiger charge is 2.09. The van der Waals surface area contributed by atoms with E-state index in [0.717, 1.165) is 0 Å². The van der Waals surface area contributed by atoms with Gasteiger partial charge in [-0.05, 0) is 36.4 Å². The fraction of sp³-hybridized carbons (Fsp3) is 0.0714. The van der Waals surface area contributed by atoms with Gasteiger partial charge in [0.05, 0.1) is 29.7 Å². The standard InChI is InChI=1S/C14H12ClFN2O2/c1-20-14(19)8-2-4-13(11(17)6-8)18-12-5-3-9(15)7-10(12)16/h2-7,18H,17H2,1H3. The number of nitrogens with one attached hydrogen (secondary N) is 1. The van der Waals surface area contributed by atoms with E-state index in [9.17, 15) is 9.18 Å². The Bertz CT molecular complexity index is 662. The first kappa shape index (κ1) is 14.1. The first-order valence-corrected chi connectivity index (χ1v) is 6.09. The lowest BCUT2D eigenvalue weighted by Crippen LogP contribution is -2.04. The third-order valence-electron chi connectivity index (χ3n) is 2.67. The van der Waals surface area contributed by atoms with Crippen LogP contribution >= 0.6 is 11.6 Å². The Morgan fingerprint density at radius 1 is 1.25 bits per heavy atom. The monoisotopic (exact) mass is 294 g/mol. The molecule has 104 valence electrons. The van der Waals surface area contributed by atoms with Gasteiger partial charge in [-0.2, -0.15) is 0 Å². The number of nitrogen functional groups attached to an aromatic ring is 1. The SMILES string of the molecule is COC(=O)c1ccc(Nc2ccc(Cl)cc2F)c(N)c1. The second kappa shape index (κ2) is 5.79. The van der Waals surface area contributed by atoms with Crippen molar-refractivity contribution in [2.45, 2.75) is 0 Å². The van der Waals surface area contributed by atoms with E-state index in [1.54, 1.807) is 18.2 Å². The highest BCUT2D eigenvalue weighted by Crippen LogP contribution is 2.27. The summed E-state index contributed by atoms with van der Waals surface area (Å²) in [6, 6.07) is 8.84. The predicted octanol–water partition coefficient (Wildman–Crippen LogP) is 3.59. The first-order chi connectivity index (χ1) is 9.51. The zero-order valence-electron chi connectivity index (χ0n) is 10.6. The van der Waals surface area contributed by atoms with Gasteiger partial charge in [0.25, 0.3) is 0 Å². The zero-order chi connectivity index (χ0) is 14.7. The molecular formula is C14H12ClFN2O2. The van der Waals surface area contributed by atoms with E-state index >= 15 is 0 Å². The van der Waals surface area contributed by atoms with Crippen molar-refractivity contribution in [3.05, 3.63) is 52.8 Å². The summed E-state index contributed by atoms with van der Waals surface area (Å²) in [5.74, 6) is -0.977. The maximum atomic E-state index is 13.7. The maximum absolute atomic E-state index is 13.7. The molecule has 0 atom stereocenters. The average molecular weight is 295 g/mol. The van der Waals surface area contributed by atoms with Gasteiger partial charge in [-0.25, -0.2) is 9.18 Å². The summed E-state index contributed by atoms with van der Waals surface area (Å²) in [4.78, 5) is 11.4. The van der Waals surface area contributed by atoms with Gasteiger partial charge in [-0.1, -0.05) is 11.6 Å². The number of ether oxygens (including phenoxy) is 1. The summed E-state index contributed by atoms with van der Waals surface area (Å²) < 4.78 is 18.3. The Hall–Kier alpha value is -2.27. The predicted molar refractivity (Wildman–Crippen MR) is 76.9 cm³/mol. The van der Waals surface area contributed by atoms with Crippen molar-refractivity contribution in [1.82, 2.24) is 0 Å². The van der Waals surface area contributed by atoms with Crippen molar-refractivity contribution in [1.29, 1.82) is 0 Å². The van der Waals surface area contributed by atoms with Gasteiger partial charge in [0.2, 0.25) is 0 Å². The number of hydrogen-bond acceptors (Lipinski definition) is 4. The molecule has 0 saturated carbocycles. The molecule has 0 saturated heterocycles. The minimum Gasteiger partial charge on any atom is -0.465 e. The first-order valence-electron chi connectivity index (χ1n) is 5.71. The summed E-state index contributed by atoms with van der Waals surface area (Å²) in [6.45, 7) is 0. The van der Waals surface area contributed by atoms with Crippen LogP contribution in [0, 0.1) is 5.82 Å². The summed E-state index contributed by atoms with van der Waals surface area (Å²) in [7, 11) is 1.29. The van der Waals surface area contributed by atoms with Crippen molar-refractivity contribution in [3.63, 3.8) is 0 Å². The lowest BCUT2D eigenvalue weighted by molar-refractivity contribution is 0.0601. The third kappa shape index (κ3) is 3.00. The number of carbonyl (C=O) groups excluding carboxylic acids is 1. The van der Waals surface area contributed by atoms with Gasteiger partial charge in [0.1, 0.15) is 5.82 Å². The normalized spacial score (nSPS) is 10.2. The van der Waals surface area contributed by atoms with Gasteiger partial charge in [-0.15, -0.1) is 0 Å². The molecule has 0 amide bonds. The molecule has 0 aliphatic rings. The van der Waals surface area contributed by atoms with Crippen molar-refractivity contribution in [3.8, 4) is 0 Å². The number of carbonyl (C=O) groups is 1. The molecule has 2 rings (SSSR count). The highest BCUT2D eigenvalue weighted by molar-refractivity contribution is 6.30. The number of anilines is 3. The summed E-state index contributed by atoms with van der Waals surface area (Å²) >= 11 is 5.68. The van der Waals surface area contributed by atoms with Crippen LogP contribution in [0.15, 0.2) is 36.4 Å². The molecule has 2 aromatic carbocycles. The molecule has 20 heavy (non-hydrogen) atoms. The number of halogens is 2. The number of rotatable bonds is 3. The number of methoxy groups -OCH3 is 1. The van der Waals surface area contributed by atoms with Crippen LogP contribution in [0.4, 0.5) is 21.5 Å². The number of nitrogens with two attached hydrogens (primary N) is 1. The molecule has 0 fully saturated rings. The molecule has 0 aliphatic carbocycles. The van der Waals surface area contributed by atoms with Crippen molar-refractivity contribution in [2.75, 3.05) is 18.2 Å². The zero-order valence-corrected chi connectivity index (χ0v) is 11.4. The lowest BCUT2D eigenvalue weighted by atomic mass is 10.1. The van der Waals surface area contributed by atoms with Gasteiger partial charge < -0.3 is 15.8 Å². The largest absolute Gasteiger partial charge is 0.465 e. The second-order valence-electron chi connectivity index (χ2n) is 4.04. The van der Waals surface area contributed by atoms with Crippen LogP contribution in [-0.4, -0.2) is 13.1 Å². The molecule has 4 nitrogen and oxygen atoms in total. The van der Waals surface area contributed by atoms with Crippen LogP contribution < -0.4 is 11.1 Å². The van der Waals surface area contributed by atoms with E-state index in [1.807, 2.05) is 0 Å². The Morgan fingerprint density at radius 3 is 2.55 bits per heavy atom. The van der Waals surface area contributed by atoms with E-state index in [1.165, 1.54) is 25.3 Å². The molecule has 0 unspecified atom stereocenters. The van der Waals surface area contributed by atoms with E-state index in [-0.39, 0.29) is 5.69 Å². The van der Waals surface area contributed by atoms with Crippen LogP contribution in [-0.2, 0) is 4.74 Å². The van der Waals surface area contributed by atoms with Crippen LogP contribution in [0.5, 0.6) is 0 Å². The molecule has 0 aromatic heterocycles. The van der Waals surface area contributed by atoms with E-state index in [2.05, 4.69) is 10.1 Å². The van der Waals surface area contributed by atoms with Crippen LogP contribution in [0.1, 0.15) is 10.4 Å². The molecule has 0 heterocycles. The number of hydrogen-bond donors (Lipinski definition) is 2. The minimum absolute atomic E-state index is 0.243. The van der Waals surface area contributed by atoms with Gasteiger partial charge in [-0.3, -0.25) is 0 Å². The molecule has 0 radical (unpaired) electrons. The van der Waals surface area contributed by atoms with Crippen LogP contribution in [0.3, 0.4) is 0 Å². The van der Waals surface area contributed by atoms with Crippen molar-refractivity contribution < 1.29 is 13.9 Å². The minimum atomic E-state index is -0.492. The maximum Gasteiger partial charge on any atom is 0.337 e. The highest BCUT2D eigenvalue weighted by atomic mass is 35.5. The van der Waals surface area contributed by atoms with E-state index in [0.29, 0.717) is 22.0 Å². The topological polar surface area (TPSA) is 64.3 Å². The fourth-order valence-electron chi connectivity index (χ4n) is 1.66. The van der Waals surface area contributed by atoms with Crippen LogP contribution in [0.25, 0.3) is 0 Å². The molecule has 6 heteroatoms. The lowest BCUT2D eigenvalue weighted by Gasteiger charge is -2.11. The van der Waals surface area contributed by atoms with Gasteiger partial charge in [0, 0.05) is 5.02 Å². The summed E-state index contributed by atoms with van der Waals surface area (Å²) in [6.07, 6.45) is 0. The quantitative estimate of drug-likeness (QED) is 0.671. The van der Waals surface area contributed by atoms with Crippen molar-refractivity contribution >= 4 is 34.6 Å². The molecule has 0 bridgehead atoms.